The Balaban J connectivity index is 1.66. The number of nitrogens with zero attached hydrogens (tertiary/aromatic N) is 3. The number of morpholine rings is 1. The summed E-state index contributed by atoms with van der Waals surface area (Å²) in [5, 5.41) is 3.42. The Morgan fingerprint density at radius 2 is 2.09 bits per heavy atom. The second-order valence-electron chi connectivity index (χ2n) is 5.98. The van der Waals surface area contributed by atoms with Crippen molar-refractivity contribution < 1.29 is 9.47 Å². The third-order valence-corrected chi connectivity index (χ3v) is 4.41. The molecule has 1 unspecified atom stereocenters. The van der Waals surface area contributed by atoms with Gasteiger partial charge in [-0.2, -0.15) is 0 Å². The van der Waals surface area contributed by atoms with Gasteiger partial charge < -0.3 is 19.7 Å². The largest absolute Gasteiger partial charge is 0.380 e. The minimum absolute atomic E-state index is 0.642. The van der Waals surface area contributed by atoms with Crippen molar-refractivity contribution in [2.45, 2.75) is 32.2 Å². The number of hydrogen-bond acceptors (Lipinski definition) is 4. The van der Waals surface area contributed by atoms with E-state index < -0.39 is 0 Å². The predicted octanol–water partition coefficient (Wildman–Crippen LogP) is 0.785. The average molecular weight is 312 g/mol. The molecule has 0 aromatic heterocycles. The van der Waals surface area contributed by atoms with E-state index in [-0.39, 0.29) is 0 Å². The van der Waals surface area contributed by atoms with Crippen LogP contribution in [-0.4, -0.2) is 88.0 Å². The first-order valence-electron chi connectivity index (χ1n) is 8.70. The van der Waals surface area contributed by atoms with Crippen LogP contribution in [0.4, 0.5) is 0 Å². The molecule has 6 nitrogen and oxygen atoms in total. The van der Waals surface area contributed by atoms with Gasteiger partial charge in [0, 0.05) is 52.4 Å². The third-order valence-electron chi connectivity index (χ3n) is 4.41. The van der Waals surface area contributed by atoms with Gasteiger partial charge in [-0.25, -0.2) is 0 Å². The van der Waals surface area contributed by atoms with Crippen LogP contribution in [0.5, 0.6) is 0 Å². The summed E-state index contributed by atoms with van der Waals surface area (Å²) in [6.45, 7) is 10.6. The molecule has 128 valence electrons. The second kappa shape index (κ2) is 10.0. The van der Waals surface area contributed by atoms with Crippen LogP contribution in [0.2, 0.25) is 0 Å². The van der Waals surface area contributed by atoms with Gasteiger partial charge in [0.05, 0.1) is 19.8 Å². The summed E-state index contributed by atoms with van der Waals surface area (Å²) in [5.74, 6) is 1.01. The zero-order valence-corrected chi connectivity index (χ0v) is 14.2. The molecule has 6 heteroatoms. The van der Waals surface area contributed by atoms with Crippen molar-refractivity contribution in [3.8, 4) is 0 Å². The van der Waals surface area contributed by atoms with Crippen molar-refractivity contribution in [1.82, 2.24) is 15.1 Å². The van der Waals surface area contributed by atoms with Gasteiger partial charge in [-0.05, 0) is 12.8 Å². The van der Waals surface area contributed by atoms with Crippen molar-refractivity contribution >= 4 is 5.96 Å². The number of nitrogens with one attached hydrogen (secondary N) is 1. The third kappa shape index (κ3) is 5.41. The lowest BCUT2D eigenvalue weighted by Crippen LogP contribution is -2.47. The summed E-state index contributed by atoms with van der Waals surface area (Å²) in [4.78, 5) is 9.34. The van der Waals surface area contributed by atoms with Crippen molar-refractivity contribution in [2.75, 3.05) is 66.2 Å². The molecular formula is C16H32N4O2. The minimum atomic E-state index is 0.642. The van der Waals surface area contributed by atoms with E-state index in [1.165, 1.54) is 12.8 Å². The zero-order valence-electron chi connectivity index (χ0n) is 14.2. The number of hydrogen-bond donors (Lipinski definition) is 1. The fourth-order valence-electron chi connectivity index (χ4n) is 3.09. The molecule has 0 aromatic carbocycles. The van der Waals surface area contributed by atoms with Crippen LogP contribution in [0.25, 0.3) is 0 Å². The van der Waals surface area contributed by atoms with Crippen LogP contribution in [0.15, 0.2) is 4.99 Å². The highest BCUT2D eigenvalue weighted by Crippen LogP contribution is 2.16. The Bertz CT molecular complexity index is 332. The normalized spacial score (nSPS) is 24.0. The van der Waals surface area contributed by atoms with E-state index in [9.17, 15) is 0 Å². The number of aliphatic imine (C=N–C) groups is 1. The molecule has 2 aliphatic rings. The van der Waals surface area contributed by atoms with E-state index >= 15 is 0 Å². The zero-order chi connectivity index (χ0) is 15.6. The van der Waals surface area contributed by atoms with E-state index in [0.29, 0.717) is 6.04 Å². The highest BCUT2D eigenvalue weighted by Gasteiger charge is 2.30. The van der Waals surface area contributed by atoms with Crippen LogP contribution in [0.3, 0.4) is 0 Å². The van der Waals surface area contributed by atoms with Gasteiger partial charge >= 0.3 is 0 Å². The molecule has 2 fully saturated rings. The maximum absolute atomic E-state index is 5.59. The topological polar surface area (TPSA) is 49.3 Å². The number of unbranched alkanes of at least 4 members (excludes halogenated alkanes) is 1. The van der Waals surface area contributed by atoms with Crippen molar-refractivity contribution in [1.29, 1.82) is 0 Å². The van der Waals surface area contributed by atoms with Crippen molar-refractivity contribution in [3.63, 3.8) is 0 Å². The van der Waals surface area contributed by atoms with E-state index in [1.54, 1.807) is 0 Å². The first kappa shape index (κ1) is 17.5. The lowest BCUT2D eigenvalue weighted by Gasteiger charge is -2.32. The fourth-order valence-corrected chi connectivity index (χ4v) is 3.09. The van der Waals surface area contributed by atoms with E-state index in [0.717, 1.165) is 71.5 Å². The molecule has 0 bridgehead atoms. The number of rotatable bonds is 7. The molecule has 0 aromatic rings. The molecule has 0 aliphatic carbocycles. The molecule has 0 spiro atoms. The molecule has 2 rings (SSSR count). The summed E-state index contributed by atoms with van der Waals surface area (Å²) < 4.78 is 11.0. The second-order valence-corrected chi connectivity index (χ2v) is 5.98. The molecule has 1 atom stereocenters. The summed E-state index contributed by atoms with van der Waals surface area (Å²) in [7, 11) is 1.86. The molecule has 0 amide bonds. The van der Waals surface area contributed by atoms with Gasteiger partial charge in [-0.15, -0.1) is 0 Å². The first-order chi connectivity index (χ1) is 10.8. The standard InChI is InChI=1S/C16H32N4O2/c1-3-4-10-21-11-6-18-16(17-2)20-7-5-15(14-20)19-8-12-22-13-9-19/h15H,3-14H2,1-2H3,(H,17,18). The van der Waals surface area contributed by atoms with Crippen molar-refractivity contribution in [3.05, 3.63) is 0 Å². The van der Waals surface area contributed by atoms with Gasteiger partial charge in [-0.3, -0.25) is 9.89 Å². The number of likely N-dealkylation sites (tertiary alicyclic amines) is 1. The van der Waals surface area contributed by atoms with Gasteiger partial charge in [0.1, 0.15) is 0 Å². The van der Waals surface area contributed by atoms with Gasteiger partial charge in [0.2, 0.25) is 0 Å². The van der Waals surface area contributed by atoms with E-state index in [1.807, 2.05) is 7.05 Å². The molecule has 2 heterocycles. The molecule has 0 saturated carbocycles. The average Bonchev–Trinajstić information content (AvgIpc) is 3.05. The Kier molecular flexibility index (Phi) is 7.98. The lowest BCUT2D eigenvalue weighted by molar-refractivity contribution is 0.0194. The van der Waals surface area contributed by atoms with Gasteiger partial charge in [-0.1, -0.05) is 13.3 Å². The molecular weight excluding hydrogens is 280 g/mol. The molecule has 0 radical (unpaired) electrons. The molecule has 2 aliphatic heterocycles. The van der Waals surface area contributed by atoms with Gasteiger partial charge in [0.15, 0.2) is 5.96 Å². The minimum Gasteiger partial charge on any atom is -0.380 e. The van der Waals surface area contributed by atoms with E-state index in [4.69, 9.17) is 9.47 Å². The SMILES string of the molecule is CCCCOCCNC(=NC)N1CCC(N2CCOCC2)C1. The van der Waals surface area contributed by atoms with E-state index in [2.05, 4.69) is 27.0 Å². The maximum atomic E-state index is 5.59. The van der Waals surface area contributed by atoms with Crippen LogP contribution >= 0.6 is 0 Å². The Hall–Kier alpha value is -0.850. The number of ether oxygens (including phenoxy) is 2. The summed E-state index contributed by atoms with van der Waals surface area (Å²) in [5.41, 5.74) is 0. The summed E-state index contributed by atoms with van der Waals surface area (Å²) in [6.07, 6.45) is 3.54. The highest BCUT2D eigenvalue weighted by molar-refractivity contribution is 5.80. The smallest absolute Gasteiger partial charge is 0.193 e. The van der Waals surface area contributed by atoms with Crippen LogP contribution in [0, 0.1) is 0 Å². The summed E-state index contributed by atoms with van der Waals surface area (Å²) in [6, 6.07) is 0.642. The van der Waals surface area contributed by atoms with Crippen LogP contribution in [0.1, 0.15) is 26.2 Å². The maximum Gasteiger partial charge on any atom is 0.193 e. The fraction of sp³-hybridized carbons (Fsp3) is 0.938. The Morgan fingerprint density at radius 1 is 1.27 bits per heavy atom. The Labute approximate surface area is 134 Å². The van der Waals surface area contributed by atoms with Crippen molar-refractivity contribution in [2.24, 2.45) is 4.99 Å². The first-order valence-corrected chi connectivity index (χ1v) is 8.70. The monoisotopic (exact) mass is 312 g/mol. The van der Waals surface area contributed by atoms with Crippen LogP contribution < -0.4 is 5.32 Å². The predicted molar refractivity (Wildman–Crippen MR) is 89.5 cm³/mol. The van der Waals surface area contributed by atoms with Crippen LogP contribution in [-0.2, 0) is 9.47 Å². The highest BCUT2D eigenvalue weighted by atomic mass is 16.5. The molecule has 22 heavy (non-hydrogen) atoms. The molecule has 2 saturated heterocycles. The molecule has 1 N–H and O–H groups in total. The summed E-state index contributed by atoms with van der Waals surface area (Å²) >= 11 is 0. The number of guanidine groups is 1. The lowest BCUT2D eigenvalue weighted by atomic mass is 10.2. The Morgan fingerprint density at radius 3 is 2.82 bits per heavy atom. The quantitative estimate of drug-likeness (QED) is 0.428. The van der Waals surface area contributed by atoms with Gasteiger partial charge in [0.25, 0.3) is 0 Å².